The van der Waals surface area contributed by atoms with Gasteiger partial charge in [-0.2, -0.15) is 5.01 Å². The first-order valence-electron chi connectivity index (χ1n) is 14.2. The van der Waals surface area contributed by atoms with Crippen LogP contribution in [0.4, 0.5) is 4.79 Å². The molecule has 0 aliphatic carbocycles. The number of alkyl halides is 2. The minimum Gasteiger partial charge on any atom is -0.508 e. The van der Waals surface area contributed by atoms with Crippen molar-refractivity contribution in [2.24, 2.45) is 11.2 Å². The van der Waals surface area contributed by atoms with Gasteiger partial charge in [0.15, 0.2) is 0 Å². The first-order chi connectivity index (χ1) is 22.1. The van der Waals surface area contributed by atoms with Crippen molar-refractivity contribution in [3.8, 4) is 5.75 Å². The number of nitrogens with one attached hydrogen (secondary N) is 5. The quantitative estimate of drug-likeness (QED) is 0.0479. The lowest BCUT2D eigenvalue weighted by Crippen LogP contribution is -2.58. The van der Waals surface area contributed by atoms with Crippen LogP contribution in [-0.2, 0) is 35.2 Å². The van der Waals surface area contributed by atoms with E-state index in [1.807, 2.05) is 0 Å². The number of amides is 6. The fraction of sp³-hybridized carbons (Fsp3) is 0.536. The van der Waals surface area contributed by atoms with E-state index in [4.69, 9.17) is 28.3 Å². The number of carbonyl (C=O) groups excluding carboxylic acids is 6. The molecule has 1 rings (SSSR count). The number of phenols is 1. The van der Waals surface area contributed by atoms with E-state index in [9.17, 15) is 43.6 Å². The van der Waals surface area contributed by atoms with E-state index in [-0.39, 0.29) is 30.9 Å². The van der Waals surface area contributed by atoms with Gasteiger partial charge in [-0.05, 0) is 30.5 Å². The lowest BCUT2D eigenvalue weighted by atomic mass is 10.0. The molecule has 0 aliphatic rings. The van der Waals surface area contributed by atoms with E-state index < -0.39 is 72.1 Å². The van der Waals surface area contributed by atoms with Crippen molar-refractivity contribution in [3.05, 3.63) is 34.7 Å². The van der Waals surface area contributed by atoms with Crippen LogP contribution in [0.15, 0.2) is 29.6 Å². The van der Waals surface area contributed by atoms with Crippen molar-refractivity contribution in [3.63, 3.8) is 0 Å². The van der Waals surface area contributed by atoms with E-state index in [0.29, 0.717) is 23.0 Å². The molecule has 0 aromatic heterocycles. The Labute approximate surface area is 281 Å². The van der Waals surface area contributed by atoms with E-state index in [0.717, 1.165) is 0 Å². The first-order valence-corrected chi connectivity index (χ1v) is 15.3. The maximum absolute atomic E-state index is 12.9. The highest BCUT2D eigenvalue weighted by Crippen LogP contribution is 2.12. The van der Waals surface area contributed by atoms with E-state index >= 15 is 0 Å². The van der Waals surface area contributed by atoms with Crippen LogP contribution in [0.5, 0.6) is 5.75 Å². The zero-order valence-corrected chi connectivity index (χ0v) is 27.8. The number of urea groups is 1. The number of carboxylic acids is 1. The summed E-state index contributed by atoms with van der Waals surface area (Å²) in [6, 6.07) is 1.07. The van der Waals surface area contributed by atoms with Crippen molar-refractivity contribution in [2.75, 3.05) is 24.8 Å². The van der Waals surface area contributed by atoms with Gasteiger partial charge in [-0.25, -0.2) is 4.79 Å². The number of nitroso groups, excluding NO2 is 1. The van der Waals surface area contributed by atoms with Crippen molar-refractivity contribution in [1.29, 1.82) is 0 Å². The normalized spacial score (nSPS) is 12.8. The highest BCUT2D eigenvalue weighted by molar-refractivity contribution is 6.18. The number of hydrogen-bond donors (Lipinski definition) is 7. The number of phenolic OH excluding ortho intramolecular Hbond substituents is 1. The molecule has 17 nitrogen and oxygen atoms in total. The molecule has 0 bridgehead atoms. The molecule has 1 aromatic rings. The van der Waals surface area contributed by atoms with Gasteiger partial charge in [-0.1, -0.05) is 26.0 Å². The Morgan fingerprint density at radius 2 is 1.53 bits per heavy atom. The molecule has 4 atom stereocenters. The van der Waals surface area contributed by atoms with Crippen molar-refractivity contribution in [1.82, 2.24) is 31.6 Å². The Morgan fingerprint density at radius 1 is 0.915 bits per heavy atom. The number of nitrogens with zero attached hydrogens (tertiary/aromatic N) is 2. The summed E-state index contributed by atoms with van der Waals surface area (Å²) in [5, 5.41) is 33.6. The van der Waals surface area contributed by atoms with Crippen LogP contribution in [-0.4, -0.2) is 106 Å². The van der Waals surface area contributed by atoms with Gasteiger partial charge in [0, 0.05) is 31.6 Å². The third-order valence-corrected chi connectivity index (χ3v) is 6.31. The molecular formula is C28H41Cl2N7O10. The van der Waals surface area contributed by atoms with Gasteiger partial charge >= 0.3 is 12.0 Å². The largest absolute Gasteiger partial charge is 0.508 e. The minimum absolute atomic E-state index is 0.0476. The third-order valence-electron chi connectivity index (χ3n) is 5.96. The zero-order valence-electron chi connectivity index (χ0n) is 26.3. The predicted octanol–water partition coefficient (Wildman–Crippen LogP) is 0.400. The van der Waals surface area contributed by atoms with Crippen LogP contribution in [0.3, 0.4) is 0 Å². The number of carboxylic acid groups (broad SMARTS) is 1. The number of hydrogen-bond acceptors (Lipinski definition) is 10. The molecule has 262 valence electrons. The fourth-order valence-corrected chi connectivity index (χ4v) is 3.87. The van der Waals surface area contributed by atoms with Crippen LogP contribution in [0.1, 0.15) is 39.7 Å². The van der Waals surface area contributed by atoms with Crippen LogP contribution < -0.4 is 26.6 Å². The maximum atomic E-state index is 12.9. The average molecular weight is 707 g/mol. The van der Waals surface area contributed by atoms with Gasteiger partial charge in [0.05, 0.1) is 24.3 Å². The maximum Gasteiger partial charge on any atom is 0.340 e. The number of aldehydes is 1. The molecule has 6 amide bonds. The fourth-order valence-electron chi connectivity index (χ4n) is 3.61. The average Bonchev–Trinajstić information content (AvgIpc) is 3.00. The number of halogens is 2. The first kappa shape index (κ1) is 42.5. The summed E-state index contributed by atoms with van der Waals surface area (Å²) in [4.78, 5) is 92.4. The minimum atomic E-state index is -1.28. The molecule has 0 radical (unpaired) electrons. The predicted molar refractivity (Wildman–Crippen MR) is 171 cm³/mol. The third kappa shape index (κ3) is 17.7. The van der Waals surface area contributed by atoms with E-state index in [2.05, 4.69) is 31.9 Å². The van der Waals surface area contributed by atoms with E-state index in [1.54, 1.807) is 26.0 Å². The summed E-state index contributed by atoms with van der Waals surface area (Å²) in [5.41, 5.74) is 0.665. The smallest absolute Gasteiger partial charge is 0.340 e. The van der Waals surface area contributed by atoms with Gasteiger partial charge in [-0.15, -0.1) is 28.1 Å². The van der Waals surface area contributed by atoms with Crippen LogP contribution in [0.25, 0.3) is 0 Å². The second kappa shape index (κ2) is 22.9. The second-order valence-electron chi connectivity index (χ2n) is 10.2. The molecule has 0 aliphatic heterocycles. The topological polar surface area (TPSA) is 253 Å². The number of aliphatic carboxylic acids is 1. The standard InChI is InChI=1S/C23H32N4O8.C5H9Cl2N3O2/c1-12(2)20(23(35)24-13(3)21(33)26-16(11-28)10-19(31)32)27-22(34)18(25-14(4)29)9-15-5-7-17(30)8-6-15;6-1-3-8-5(11)10(9-12)4-2-7/h5-8,11-13,16,18,20,30H,9-10H2,1-4H3,(H,24,35)(H,25,29)(H,26,33)(H,27,34)(H,31,32);1-4H2,(H,8,11)/t13-,16-,18-,20-;/m0./s1. The van der Waals surface area contributed by atoms with Crippen LogP contribution in [0, 0.1) is 10.8 Å². The molecule has 0 heterocycles. The SMILES string of the molecule is CC(=O)N[C@@H](Cc1ccc(O)cc1)C(=O)N[C@H](C(=O)N[C@@H](C)C(=O)N[C@H](C=O)CC(=O)O)C(C)C.O=NN(CCCl)C(=O)NCCCl. The summed E-state index contributed by atoms with van der Waals surface area (Å²) < 4.78 is 0. The molecule has 47 heavy (non-hydrogen) atoms. The van der Waals surface area contributed by atoms with Crippen molar-refractivity contribution < 1.29 is 43.8 Å². The Bertz CT molecular complexity index is 1220. The molecule has 7 N–H and O–H groups in total. The molecule has 0 fully saturated rings. The molecule has 19 heteroatoms. The van der Waals surface area contributed by atoms with Gasteiger partial charge in [0.1, 0.15) is 30.2 Å². The summed E-state index contributed by atoms with van der Waals surface area (Å²) in [6.07, 6.45) is -0.215. The molecular weight excluding hydrogens is 665 g/mol. The van der Waals surface area contributed by atoms with Crippen LogP contribution >= 0.6 is 23.2 Å². The molecule has 0 unspecified atom stereocenters. The van der Waals surface area contributed by atoms with Crippen molar-refractivity contribution >= 4 is 65.1 Å². The molecule has 0 saturated heterocycles. The highest BCUT2D eigenvalue weighted by atomic mass is 35.5. The summed E-state index contributed by atoms with van der Waals surface area (Å²) in [7, 11) is 0. The van der Waals surface area contributed by atoms with E-state index in [1.165, 1.54) is 26.0 Å². The van der Waals surface area contributed by atoms with Gasteiger partial charge < -0.3 is 41.6 Å². The van der Waals surface area contributed by atoms with Crippen molar-refractivity contribution in [2.45, 2.75) is 64.7 Å². The zero-order chi connectivity index (χ0) is 36.1. The Hall–Kier alpha value is -4.51. The lowest BCUT2D eigenvalue weighted by molar-refractivity contribution is -0.139. The number of aromatic hydroxyl groups is 1. The molecule has 0 saturated carbocycles. The lowest BCUT2D eigenvalue weighted by Gasteiger charge is -2.26. The summed E-state index contributed by atoms with van der Waals surface area (Å²) in [6.45, 7) is 6.35. The molecule has 0 spiro atoms. The number of carbonyl (C=O) groups is 7. The highest BCUT2D eigenvalue weighted by Gasteiger charge is 2.30. The van der Waals surface area contributed by atoms with Gasteiger partial charge in [0.25, 0.3) is 0 Å². The summed E-state index contributed by atoms with van der Waals surface area (Å²) >= 11 is 10.6. The van der Waals surface area contributed by atoms with Gasteiger partial charge in [0.2, 0.25) is 23.6 Å². The van der Waals surface area contributed by atoms with Crippen LogP contribution in [0.2, 0.25) is 0 Å². The summed E-state index contributed by atoms with van der Waals surface area (Å²) in [5.74, 6) is -3.69. The number of rotatable bonds is 18. The Balaban J connectivity index is 0.00000149. The Kier molecular flexibility index (Phi) is 20.7. The monoisotopic (exact) mass is 705 g/mol. The molecule has 1 aromatic carbocycles. The number of benzene rings is 1. The second-order valence-corrected chi connectivity index (χ2v) is 11.0. The Morgan fingerprint density at radius 3 is 2.00 bits per heavy atom. The van der Waals surface area contributed by atoms with Gasteiger partial charge in [-0.3, -0.25) is 24.0 Å².